The third-order valence-electron chi connectivity index (χ3n) is 2.52. The molecule has 0 aliphatic rings. The van der Waals surface area contributed by atoms with Crippen molar-refractivity contribution in [3.63, 3.8) is 0 Å². The fourth-order valence-electron chi connectivity index (χ4n) is 1.59. The van der Waals surface area contributed by atoms with Gasteiger partial charge >= 0.3 is 0 Å². The van der Waals surface area contributed by atoms with Gasteiger partial charge in [0.05, 0.1) is 15.2 Å². The largest absolute Gasteiger partial charge is 0.487 e. The third kappa shape index (κ3) is 3.98. The molecule has 0 saturated heterocycles. The van der Waals surface area contributed by atoms with Gasteiger partial charge in [-0.2, -0.15) is 0 Å². The first-order chi connectivity index (χ1) is 9.60. The van der Waals surface area contributed by atoms with Crippen molar-refractivity contribution >= 4 is 49.7 Å². The van der Waals surface area contributed by atoms with E-state index in [9.17, 15) is 0 Å². The molecule has 20 heavy (non-hydrogen) atoms. The molecule has 104 valence electrons. The van der Waals surface area contributed by atoms with Crippen molar-refractivity contribution < 1.29 is 9.94 Å². The summed E-state index contributed by atoms with van der Waals surface area (Å²) in [4.78, 5) is 0. The summed E-state index contributed by atoms with van der Waals surface area (Å²) < 4.78 is 7.33. The quantitative estimate of drug-likeness (QED) is 0.418. The molecule has 0 saturated carbocycles. The molecular formula is C14H10Br2ClNO2. The summed E-state index contributed by atoms with van der Waals surface area (Å²) in [5.41, 5.74) is 1.78. The number of ether oxygens (including phenoxy) is 1. The van der Waals surface area contributed by atoms with Gasteiger partial charge < -0.3 is 9.94 Å². The van der Waals surface area contributed by atoms with Crippen LogP contribution in [0.1, 0.15) is 11.1 Å². The zero-order valence-electron chi connectivity index (χ0n) is 10.2. The summed E-state index contributed by atoms with van der Waals surface area (Å²) in [6, 6.07) is 11.1. The fourth-order valence-corrected chi connectivity index (χ4v) is 3.17. The van der Waals surface area contributed by atoms with Gasteiger partial charge in [0.2, 0.25) is 0 Å². The van der Waals surface area contributed by atoms with E-state index in [0.29, 0.717) is 17.4 Å². The maximum atomic E-state index is 8.54. The van der Waals surface area contributed by atoms with Crippen LogP contribution in [-0.4, -0.2) is 11.4 Å². The van der Waals surface area contributed by atoms with E-state index >= 15 is 0 Å². The van der Waals surface area contributed by atoms with Crippen LogP contribution in [0, 0.1) is 0 Å². The summed E-state index contributed by atoms with van der Waals surface area (Å²) in [5.74, 6) is 0.690. The average Bonchev–Trinajstić information content (AvgIpc) is 2.40. The lowest BCUT2D eigenvalue weighted by molar-refractivity contribution is 0.302. The molecule has 6 heteroatoms. The second kappa shape index (κ2) is 7.11. The Hall–Kier alpha value is -1.04. The predicted molar refractivity (Wildman–Crippen MR) is 87.0 cm³/mol. The van der Waals surface area contributed by atoms with Gasteiger partial charge in [0.1, 0.15) is 12.4 Å². The SMILES string of the molecule is O/N=C\c1cc(Br)c(OCc2ccc(Cl)cc2)c(Br)c1. The van der Waals surface area contributed by atoms with Crippen molar-refractivity contribution in [3.8, 4) is 5.75 Å². The van der Waals surface area contributed by atoms with Crippen molar-refractivity contribution in [3.05, 3.63) is 61.5 Å². The molecule has 0 amide bonds. The number of benzene rings is 2. The molecule has 2 aromatic carbocycles. The van der Waals surface area contributed by atoms with E-state index in [0.717, 1.165) is 20.1 Å². The van der Waals surface area contributed by atoms with E-state index in [2.05, 4.69) is 37.0 Å². The molecule has 0 unspecified atom stereocenters. The lowest BCUT2D eigenvalue weighted by Crippen LogP contribution is -1.97. The Morgan fingerprint density at radius 3 is 2.30 bits per heavy atom. The highest BCUT2D eigenvalue weighted by molar-refractivity contribution is 9.11. The highest BCUT2D eigenvalue weighted by Gasteiger charge is 2.09. The van der Waals surface area contributed by atoms with Gasteiger partial charge in [0.15, 0.2) is 0 Å². The first-order valence-electron chi connectivity index (χ1n) is 5.64. The number of halogens is 3. The van der Waals surface area contributed by atoms with E-state index in [1.54, 1.807) is 0 Å². The highest BCUT2D eigenvalue weighted by atomic mass is 79.9. The normalized spacial score (nSPS) is 10.9. The molecular weight excluding hydrogens is 409 g/mol. The van der Waals surface area contributed by atoms with Gasteiger partial charge in [0.25, 0.3) is 0 Å². The van der Waals surface area contributed by atoms with Crippen LogP contribution in [0.5, 0.6) is 5.75 Å². The van der Waals surface area contributed by atoms with Crippen LogP contribution in [0.25, 0.3) is 0 Å². The van der Waals surface area contributed by atoms with Crippen molar-refractivity contribution in [1.29, 1.82) is 0 Å². The van der Waals surface area contributed by atoms with Crippen LogP contribution in [-0.2, 0) is 6.61 Å². The molecule has 1 N–H and O–H groups in total. The Labute approximate surface area is 138 Å². The van der Waals surface area contributed by atoms with Gasteiger partial charge in [-0.05, 0) is 67.3 Å². The summed E-state index contributed by atoms with van der Waals surface area (Å²) >= 11 is 12.7. The molecule has 0 heterocycles. The maximum Gasteiger partial charge on any atom is 0.148 e. The lowest BCUT2D eigenvalue weighted by atomic mass is 10.2. The zero-order chi connectivity index (χ0) is 14.5. The molecule has 0 radical (unpaired) electrons. The second-order valence-corrected chi connectivity index (χ2v) is 6.12. The molecule has 3 nitrogen and oxygen atoms in total. The number of oxime groups is 1. The highest BCUT2D eigenvalue weighted by Crippen LogP contribution is 2.35. The minimum Gasteiger partial charge on any atom is -0.487 e. The van der Waals surface area contributed by atoms with Crippen molar-refractivity contribution in [1.82, 2.24) is 0 Å². The monoisotopic (exact) mass is 417 g/mol. The number of rotatable bonds is 4. The van der Waals surface area contributed by atoms with Crippen LogP contribution in [0.3, 0.4) is 0 Å². The summed E-state index contributed by atoms with van der Waals surface area (Å²) in [7, 11) is 0. The van der Waals surface area contributed by atoms with E-state index in [4.69, 9.17) is 21.5 Å². The zero-order valence-corrected chi connectivity index (χ0v) is 14.1. The van der Waals surface area contributed by atoms with E-state index in [-0.39, 0.29) is 0 Å². The Morgan fingerprint density at radius 1 is 1.15 bits per heavy atom. The standard InChI is InChI=1S/C14H10Br2ClNO2/c15-12-5-10(7-18-19)6-13(16)14(12)20-8-9-1-3-11(17)4-2-9/h1-7,19H,8H2/b18-7-. The minimum atomic E-state index is 0.432. The van der Waals surface area contributed by atoms with Crippen LogP contribution < -0.4 is 4.74 Å². The minimum absolute atomic E-state index is 0.432. The van der Waals surface area contributed by atoms with Crippen LogP contribution in [0.15, 0.2) is 50.5 Å². The average molecular weight is 420 g/mol. The Bertz CT molecular complexity index is 607. The molecule has 0 spiro atoms. The van der Waals surface area contributed by atoms with E-state index < -0.39 is 0 Å². The van der Waals surface area contributed by atoms with Crippen molar-refractivity contribution in [2.75, 3.05) is 0 Å². The summed E-state index contributed by atoms with van der Waals surface area (Å²) in [6.07, 6.45) is 1.35. The van der Waals surface area contributed by atoms with Crippen LogP contribution in [0.2, 0.25) is 5.02 Å². The maximum absolute atomic E-state index is 8.54. The van der Waals surface area contributed by atoms with Gasteiger partial charge in [0, 0.05) is 5.02 Å². The van der Waals surface area contributed by atoms with Gasteiger partial charge in [-0.15, -0.1) is 0 Å². The number of hydrogen-bond donors (Lipinski definition) is 1. The molecule has 0 atom stereocenters. The Kier molecular flexibility index (Phi) is 5.46. The fraction of sp³-hybridized carbons (Fsp3) is 0.0714. The third-order valence-corrected chi connectivity index (χ3v) is 3.95. The number of hydrogen-bond acceptors (Lipinski definition) is 3. The van der Waals surface area contributed by atoms with E-state index in [1.165, 1.54) is 6.21 Å². The first kappa shape index (κ1) is 15.4. The predicted octanol–water partition coefficient (Wildman–Crippen LogP) is 5.25. The number of nitrogens with zero attached hydrogens (tertiary/aromatic N) is 1. The second-order valence-electron chi connectivity index (χ2n) is 3.97. The molecule has 0 bridgehead atoms. The Morgan fingerprint density at radius 2 is 1.75 bits per heavy atom. The van der Waals surface area contributed by atoms with E-state index in [1.807, 2.05) is 36.4 Å². The van der Waals surface area contributed by atoms with Gasteiger partial charge in [-0.1, -0.05) is 28.9 Å². The van der Waals surface area contributed by atoms with Gasteiger partial charge in [-0.25, -0.2) is 0 Å². The van der Waals surface area contributed by atoms with Crippen molar-refractivity contribution in [2.24, 2.45) is 5.16 Å². The molecule has 0 aromatic heterocycles. The molecule has 2 rings (SSSR count). The molecule has 0 aliphatic heterocycles. The van der Waals surface area contributed by atoms with Crippen molar-refractivity contribution in [2.45, 2.75) is 6.61 Å². The van der Waals surface area contributed by atoms with Gasteiger partial charge in [-0.3, -0.25) is 0 Å². The van der Waals surface area contributed by atoms with Crippen LogP contribution in [0.4, 0.5) is 0 Å². The smallest absolute Gasteiger partial charge is 0.148 e. The van der Waals surface area contributed by atoms with Crippen LogP contribution >= 0.6 is 43.5 Å². The summed E-state index contributed by atoms with van der Waals surface area (Å²) in [5, 5.41) is 12.2. The molecule has 0 fully saturated rings. The summed E-state index contributed by atoms with van der Waals surface area (Å²) in [6.45, 7) is 0.432. The topological polar surface area (TPSA) is 41.8 Å². The molecule has 0 aliphatic carbocycles. The lowest BCUT2D eigenvalue weighted by Gasteiger charge is -2.11. The first-order valence-corrected chi connectivity index (χ1v) is 7.60. The Balaban J connectivity index is 2.15. The molecule has 2 aromatic rings.